The first-order chi connectivity index (χ1) is 13.6. The highest BCUT2D eigenvalue weighted by molar-refractivity contribution is 7.17. The van der Waals surface area contributed by atoms with Crippen LogP contribution < -0.4 is 5.56 Å². The van der Waals surface area contributed by atoms with E-state index in [0.717, 1.165) is 28.5 Å². The zero-order chi connectivity index (χ0) is 19.3. The van der Waals surface area contributed by atoms with Gasteiger partial charge in [-0.05, 0) is 42.7 Å². The third-order valence-corrected chi connectivity index (χ3v) is 6.74. The van der Waals surface area contributed by atoms with E-state index in [4.69, 9.17) is 0 Å². The Hall–Kier alpha value is -2.51. The summed E-state index contributed by atoms with van der Waals surface area (Å²) in [4.78, 5) is 15.1. The lowest BCUT2D eigenvalue weighted by Crippen LogP contribution is -2.34. The van der Waals surface area contributed by atoms with Gasteiger partial charge in [-0.3, -0.25) is 18.7 Å². The molecule has 28 heavy (non-hydrogen) atoms. The van der Waals surface area contributed by atoms with E-state index in [2.05, 4.69) is 52.4 Å². The molecule has 1 aliphatic rings. The first-order valence-electron chi connectivity index (χ1n) is 9.71. The highest BCUT2D eigenvalue weighted by Crippen LogP contribution is 2.36. The number of rotatable bonds is 6. The molecule has 0 saturated heterocycles. The second-order valence-corrected chi connectivity index (χ2v) is 8.64. The van der Waals surface area contributed by atoms with Crippen LogP contribution in [0.1, 0.15) is 31.2 Å². The number of aryl methyl sites for hydroxylation is 1. The molecule has 1 saturated carbocycles. The molecule has 0 bridgehead atoms. The Morgan fingerprint density at radius 2 is 1.96 bits per heavy atom. The fraction of sp³-hybridized carbons (Fsp3) is 0.381. The van der Waals surface area contributed by atoms with Crippen LogP contribution in [0.5, 0.6) is 0 Å². The van der Waals surface area contributed by atoms with Crippen LogP contribution in [0.25, 0.3) is 16.0 Å². The van der Waals surface area contributed by atoms with E-state index in [1.165, 1.54) is 29.7 Å². The van der Waals surface area contributed by atoms with Gasteiger partial charge in [0.05, 0.1) is 12.1 Å². The van der Waals surface area contributed by atoms with Crippen molar-refractivity contribution in [3.8, 4) is 0 Å². The van der Waals surface area contributed by atoms with Crippen molar-refractivity contribution < 1.29 is 0 Å². The number of thiophene rings is 1. The number of aromatic nitrogens is 4. The standard InChI is InChI=1S/C21H23N5OS/c1-14(16-8-9-16)25(12-15-6-4-3-5-7-15)13-18-22-23-21-24(2)20(27)19-17(26(18)21)10-11-28-19/h3-7,10-11,14,16H,8-9,12-13H2,1-2H3. The number of hydrogen-bond donors (Lipinski definition) is 0. The van der Waals surface area contributed by atoms with Crippen LogP contribution >= 0.6 is 11.3 Å². The Morgan fingerprint density at radius 3 is 2.71 bits per heavy atom. The molecule has 6 nitrogen and oxygen atoms in total. The zero-order valence-corrected chi connectivity index (χ0v) is 16.9. The maximum atomic E-state index is 12.6. The first-order valence-corrected chi connectivity index (χ1v) is 10.6. The second kappa shape index (κ2) is 6.83. The van der Waals surface area contributed by atoms with Gasteiger partial charge in [0.15, 0.2) is 5.82 Å². The van der Waals surface area contributed by atoms with Crippen LogP contribution in [-0.2, 0) is 20.1 Å². The SMILES string of the molecule is CC(C1CC1)N(Cc1ccccc1)Cc1nnc2n(C)c(=O)c3sccc3n12. The van der Waals surface area contributed by atoms with Crippen molar-refractivity contribution in [1.29, 1.82) is 0 Å². The molecule has 0 amide bonds. The van der Waals surface area contributed by atoms with E-state index in [1.54, 1.807) is 11.6 Å². The molecule has 1 aromatic carbocycles. The average Bonchev–Trinajstić information content (AvgIpc) is 3.30. The van der Waals surface area contributed by atoms with E-state index in [9.17, 15) is 4.79 Å². The predicted molar refractivity (Wildman–Crippen MR) is 111 cm³/mol. The summed E-state index contributed by atoms with van der Waals surface area (Å²) in [5.74, 6) is 2.25. The summed E-state index contributed by atoms with van der Waals surface area (Å²) in [6.07, 6.45) is 2.60. The molecular formula is C21H23N5OS. The summed E-state index contributed by atoms with van der Waals surface area (Å²) in [5.41, 5.74) is 2.20. The fourth-order valence-corrected chi connectivity index (χ4v) is 4.83. The van der Waals surface area contributed by atoms with Crippen molar-refractivity contribution in [3.05, 3.63) is 63.5 Å². The van der Waals surface area contributed by atoms with Crippen LogP contribution in [0.2, 0.25) is 0 Å². The number of hydrogen-bond acceptors (Lipinski definition) is 5. The minimum absolute atomic E-state index is 0.0102. The highest BCUT2D eigenvalue weighted by atomic mass is 32.1. The van der Waals surface area contributed by atoms with Crippen LogP contribution in [0, 0.1) is 5.92 Å². The van der Waals surface area contributed by atoms with Crippen molar-refractivity contribution >= 4 is 27.3 Å². The average molecular weight is 394 g/mol. The molecule has 0 spiro atoms. The van der Waals surface area contributed by atoms with Gasteiger partial charge in [-0.25, -0.2) is 0 Å². The van der Waals surface area contributed by atoms with Gasteiger partial charge >= 0.3 is 0 Å². The van der Waals surface area contributed by atoms with Crippen LogP contribution in [0.4, 0.5) is 0 Å². The molecule has 0 N–H and O–H groups in total. The largest absolute Gasteiger partial charge is 0.289 e. The molecule has 0 aliphatic heterocycles. The molecule has 5 rings (SSSR count). The maximum absolute atomic E-state index is 12.6. The van der Waals surface area contributed by atoms with Gasteiger partial charge in [-0.1, -0.05) is 30.3 Å². The fourth-order valence-electron chi connectivity index (χ4n) is 3.98. The quantitative estimate of drug-likeness (QED) is 0.504. The summed E-state index contributed by atoms with van der Waals surface area (Å²) < 4.78 is 4.40. The number of nitrogens with zero attached hydrogens (tertiary/aromatic N) is 5. The van der Waals surface area contributed by atoms with Crippen molar-refractivity contribution in [3.63, 3.8) is 0 Å². The Morgan fingerprint density at radius 1 is 1.18 bits per heavy atom. The van der Waals surface area contributed by atoms with Crippen molar-refractivity contribution in [1.82, 2.24) is 24.1 Å². The molecular weight excluding hydrogens is 370 g/mol. The van der Waals surface area contributed by atoms with E-state index < -0.39 is 0 Å². The Balaban J connectivity index is 1.57. The second-order valence-electron chi connectivity index (χ2n) is 7.72. The lowest BCUT2D eigenvalue weighted by molar-refractivity contribution is 0.167. The number of benzene rings is 1. The van der Waals surface area contributed by atoms with Gasteiger partial charge in [0.1, 0.15) is 4.70 Å². The van der Waals surface area contributed by atoms with Crippen molar-refractivity contribution in [2.75, 3.05) is 0 Å². The molecule has 1 aliphatic carbocycles. The van der Waals surface area contributed by atoms with Gasteiger partial charge in [0.25, 0.3) is 5.56 Å². The molecule has 7 heteroatoms. The van der Waals surface area contributed by atoms with Crippen LogP contribution in [0.15, 0.2) is 46.6 Å². The van der Waals surface area contributed by atoms with Gasteiger partial charge < -0.3 is 0 Å². The molecule has 0 radical (unpaired) electrons. The predicted octanol–water partition coefficient (Wildman–Crippen LogP) is 3.44. The Bertz CT molecular complexity index is 1190. The monoisotopic (exact) mass is 393 g/mol. The van der Waals surface area contributed by atoms with Gasteiger partial charge in [-0.15, -0.1) is 21.5 Å². The summed E-state index contributed by atoms with van der Waals surface area (Å²) in [5, 5.41) is 10.8. The minimum atomic E-state index is -0.0102. The van der Waals surface area contributed by atoms with Crippen LogP contribution in [-0.4, -0.2) is 30.1 Å². The summed E-state index contributed by atoms with van der Waals surface area (Å²) in [6.45, 7) is 3.91. The van der Waals surface area contributed by atoms with Crippen molar-refractivity contribution in [2.45, 2.75) is 38.9 Å². The molecule has 1 unspecified atom stereocenters. The Kier molecular flexibility index (Phi) is 4.29. The molecule has 3 heterocycles. The smallest absolute Gasteiger partial charge is 0.272 e. The Labute approximate surface area is 167 Å². The summed E-state index contributed by atoms with van der Waals surface area (Å²) in [6, 6.07) is 13.1. The first kappa shape index (κ1) is 17.6. The van der Waals surface area contributed by atoms with E-state index in [-0.39, 0.29) is 5.56 Å². The zero-order valence-electron chi connectivity index (χ0n) is 16.1. The van der Waals surface area contributed by atoms with E-state index in [0.29, 0.717) is 18.4 Å². The molecule has 1 atom stereocenters. The van der Waals surface area contributed by atoms with Gasteiger partial charge in [-0.2, -0.15) is 0 Å². The normalized spacial score (nSPS) is 15.7. The summed E-state index contributed by atoms with van der Waals surface area (Å²) >= 11 is 1.47. The maximum Gasteiger partial charge on any atom is 0.272 e. The topological polar surface area (TPSA) is 55.4 Å². The van der Waals surface area contributed by atoms with E-state index >= 15 is 0 Å². The third kappa shape index (κ3) is 2.95. The third-order valence-electron chi connectivity index (χ3n) is 5.85. The molecule has 144 valence electrons. The molecule has 4 aromatic rings. The summed E-state index contributed by atoms with van der Waals surface area (Å²) in [7, 11) is 1.77. The highest BCUT2D eigenvalue weighted by Gasteiger charge is 2.33. The molecule has 3 aromatic heterocycles. The number of fused-ring (bicyclic) bond motifs is 3. The van der Waals surface area contributed by atoms with Gasteiger partial charge in [0, 0.05) is 19.6 Å². The molecule has 1 fully saturated rings. The lowest BCUT2D eigenvalue weighted by atomic mass is 10.1. The van der Waals surface area contributed by atoms with E-state index in [1.807, 2.05) is 15.8 Å². The van der Waals surface area contributed by atoms with Gasteiger partial charge in [0.2, 0.25) is 5.78 Å². The lowest BCUT2D eigenvalue weighted by Gasteiger charge is -2.28. The van der Waals surface area contributed by atoms with Crippen molar-refractivity contribution in [2.24, 2.45) is 13.0 Å². The van der Waals surface area contributed by atoms with Crippen LogP contribution in [0.3, 0.4) is 0 Å². The minimum Gasteiger partial charge on any atom is -0.289 e.